The topological polar surface area (TPSA) is 67.1 Å². The Morgan fingerprint density at radius 3 is 2.56 bits per heavy atom. The van der Waals surface area contributed by atoms with Crippen molar-refractivity contribution in [3.05, 3.63) is 83.4 Å². The first kappa shape index (κ1) is 21.8. The van der Waals surface area contributed by atoms with Crippen molar-refractivity contribution in [2.24, 2.45) is 0 Å². The SMILES string of the molecule is COC(=O)Cc1coc2cc(O[C@@H]3CCc4c(Oc5ccc(OC)cc5)ccc(F)c43)ccc12. The van der Waals surface area contributed by atoms with Gasteiger partial charge in [-0.2, -0.15) is 0 Å². The molecular formula is C27H23FO6. The maximum atomic E-state index is 14.9. The van der Waals surface area contributed by atoms with Gasteiger partial charge in [0, 0.05) is 28.1 Å². The Kier molecular flexibility index (Phi) is 5.84. The van der Waals surface area contributed by atoms with E-state index in [0.717, 1.165) is 22.3 Å². The van der Waals surface area contributed by atoms with Crippen LogP contribution in [-0.4, -0.2) is 20.2 Å². The van der Waals surface area contributed by atoms with E-state index in [2.05, 4.69) is 0 Å². The second-order valence-corrected chi connectivity index (χ2v) is 8.03. The molecule has 4 aromatic rings. The summed E-state index contributed by atoms with van der Waals surface area (Å²) in [6.07, 6.45) is 2.48. The molecule has 6 nitrogen and oxygen atoms in total. The minimum absolute atomic E-state index is 0.127. The number of benzene rings is 3. The number of methoxy groups -OCH3 is 2. The van der Waals surface area contributed by atoms with E-state index in [0.29, 0.717) is 41.2 Å². The van der Waals surface area contributed by atoms with Crippen LogP contribution < -0.4 is 14.2 Å². The first-order valence-electron chi connectivity index (χ1n) is 10.9. The second-order valence-electron chi connectivity index (χ2n) is 8.03. The van der Waals surface area contributed by atoms with Gasteiger partial charge in [-0.15, -0.1) is 0 Å². The lowest BCUT2D eigenvalue weighted by molar-refractivity contribution is -0.139. The molecule has 0 N–H and O–H groups in total. The molecule has 0 amide bonds. The average molecular weight is 462 g/mol. The highest BCUT2D eigenvalue weighted by molar-refractivity contribution is 5.86. The summed E-state index contributed by atoms with van der Waals surface area (Å²) in [6.45, 7) is 0. The van der Waals surface area contributed by atoms with Crippen LogP contribution in [0.1, 0.15) is 29.2 Å². The van der Waals surface area contributed by atoms with Crippen LogP contribution in [0.5, 0.6) is 23.0 Å². The van der Waals surface area contributed by atoms with E-state index >= 15 is 0 Å². The van der Waals surface area contributed by atoms with Crippen LogP contribution in [0.25, 0.3) is 11.0 Å². The smallest absolute Gasteiger partial charge is 0.310 e. The van der Waals surface area contributed by atoms with Crippen molar-refractivity contribution in [2.75, 3.05) is 14.2 Å². The summed E-state index contributed by atoms with van der Waals surface area (Å²) in [7, 11) is 2.95. The van der Waals surface area contributed by atoms with Gasteiger partial charge >= 0.3 is 5.97 Å². The maximum absolute atomic E-state index is 14.9. The quantitative estimate of drug-likeness (QED) is 0.307. The highest BCUT2D eigenvalue weighted by Crippen LogP contribution is 2.43. The van der Waals surface area contributed by atoms with Gasteiger partial charge in [-0.25, -0.2) is 4.39 Å². The maximum Gasteiger partial charge on any atom is 0.310 e. The van der Waals surface area contributed by atoms with Crippen molar-refractivity contribution in [2.45, 2.75) is 25.4 Å². The van der Waals surface area contributed by atoms with E-state index in [1.165, 1.54) is 13.2 Å². The molecule has 0 saturated heterocycles. The van der Waals surface area contributed by atoms with E-state index in [1.807, 2.05) is 30.3 Å². The van der Waals surface area contributed by atoms with Crippen LogP contribution in [0, 0.1) is 5.82 Å². The zero-order valence-electron chi connectivity index (χ0n) is 18.8. The lowest BCUT2D eigenvalue weighted by Crippen LogP contribution is -2.06. The number of ether oxygens (including phenoxy) is 4. The molecule has 0 unspecified atom stereocenters. The van der Waals surface area contributed by atoms with Crippen LogP contribution in [0.4, 0.5) is 4.39 Å². The number of fused-ring (bicyclic) bond motifs is 2. The van der Waals surface area contributed by atoms with Gasteiger partial charge in [-0.05, 0) is 61.4 Å². The molecule has 7 heteroatoms. The Morgan fingerprint density at radius 1 is 1.03 bits per heavy atom. The summed E-state index contributed by atoms with van der Waals surface area (Å²) in [5.74, 6) is 1.89. The third-order valence-electron chi connectivity index (χ3n) is 5.99. The Bertz CT molecular complexity index is 1340. The summed E-state index contributed by atoms with van der Waals surface area (Å²) in [5.41, 5.74) is 2.65. The third kappa shape index (κ3) is 4.17. The summed E-state index contributed by atoms with van der Waals surface area (Å²) in [6, 6.07) is 15.7. The molecule has 1 atom stereocenters. The monoisotopic (exact) mass is 462 g/mol. The van der Waals surface area contributed by atoms with Gasteiger partial charge in [0.15, 0.2) is 0 Å². The highest BCUT2D eigenvalue weighted by Gasteiger charge is 2.31. The van der Waals surface area contributed by atoms with E-state index in [1.54, 1.807) is 31.6 Å². The third-order valence-corrected chi connectivity index (χ3v) is 5.99. The summed E-state index contributed by atoms with van der Waals surface area (Å²) in [5, 5.41) is 0.811. The van der Waals surface area contributed by atoms with Gasteiger partial charge in [0.25, 0.3) is 0 Å². The molecule has 0 radical (unpaired) electrons. The predicted molar refractivity (Wildman–Crippen MR) is 123 cm³/mol. The van der Waals surface area contributed by atoms with E-state index in [4.69, 9.17) is 23.4 Å². The molecule has 0 spiro atoms. The molecule has 174 valence electrons. The van der Waals surface area contributed by atoms with Crippen molar-refractivity contribution in [3.63, 3.8) is 0 Å². The van der Waals surface area contributed by atoms with Gasteiger partial charge in [0.05, 0.1) is 26.9 Å². The molecule has 1 aliphatic carbocycles. The van der Waals surface area contributed by atoms with Crippen molar-refractivity contribution < 1.29 is 32.5 Å². The van der Waals surface area contributed by atoms with Crippen LogP contribution in [-0.2, 0) is 22.4 Å². The number of rotatable bonds is 7. The molecular weight excluding hydrogens is 439 g/mol. The van der Waals surface area contributed by atoms with Gasteiger partial charge in [0.2, 0.25) is 0 Å². The van der Waals surface area contributed by atoms with E-state index < -0.39 is 6.10 Å². The Labute approximate surface area is 195 Å². The zero-order chi connectivity index (χ0) is 23.7. The molecule has 5 rings (SSSR count). The largest absolute Gasteiger partial charge is 0.497 e. The average Bonchev–Trinajstić information content (AvgIpc) is 3.46. The Hall–Kier alpha value is -4.00. The van der Waals surface area contributed by atoms with Crippen molar-refractivity contribution in [1.29, 1.82) is 0 Å². The van der Waals surface area contributed by atoms with E-state index in [9.17, 15) is 9.18 Å². The standard InChI is InChI=1S/C27H23FO6/c1-30-17-3-5-18(6-4-17)33-23-12-10-22(28)27-21(23)9-11-24(27)34-19-7-8-20-16(13-26(29)31-2)15-32-25(20)14-19/h3-8,10,12,14-15,24H,9,11,13H2,1-2H3/t24-/m1/s1. The Balaban J connectivity index is 1.37. The van der Waals surface area contributed by atoms with Gasteiger partial charge < -0.3 is 23.4 Å². The van der Waals surface area contributed by atoms with Crippen LogP contribution in [0.15, 0.2) is 65.3 Å². The normalized spacial score (nSPS) is 14.6. The second kappa shape index (κ2) is 9.09. The molecule has 1 heterocycles. The van der Waals surface area contributed by atoms with Crippen LogP contribution >= 0.6 is 0 Å². The van der Waals surface area contributed by atoms with Crippen LogP contribution in [0.2, 0.25) is 0 Å². The number of furan rings is 1. The lowest BCUT2D eigenvalue weighted by atomic mass is 10.1. The molecule has 0 bridgehead atoms. The van der Waals surface area contributed by atoms with E-state index in [-0.39, 0.29) is 18.2 Å². The van der Waals surface area contributed by atoms with Crippen molar-refractivity contribution in [1.82, 2.24) is 0 Å². The van der Waals surface area contributed by atoms with Crippen molar-refractivity contribution >= 4 is 16.9 Å². The molecule has 0 saturated carbocycles. The number of carbonyl (C=O) groups is 1. The molecule has 0 aliphatic heterocycles. The minimum atomic E-state index is -0.448. The minimum Gasteiger partial charge on any atom is -0.497 e. The first-order chi connectivity index (χ1) is 16.6. The van der Waals surface area contributed by atoms with Gasteiger partial charge in [0.1, 0.15) is 40.5 Å². The number of halogens is 1. The van der Waals surface area contributed by atoms with Gasteiger partial charge in [-0.1, -0.05) is 0 Å². The summed E-state index contributed by atoms with van der Waals surface area (Å²) in [4.78, 5) is 11.6. The number of esters is 1. The molecule has 34 heavy (non-hydrogen) atoms. The number of carbonyl (C=O) groups excluding carboxylic acids is 1. The zero-order valence-corrected chi connectivity index (χ0v) is 18.8. The number of hydrogen-bond donors (Lipinski definition) is 0. The Morgan fingerprint density at radius 2 is 1.79 bits per heavy atom. The predicted octanol–water partition coefficient (Wildman–Crippen LogP) is 6.15. The van der Waals surface area contributed by atoms with Crippen molar-refractivity contribution in [3.8, 4) is 23.0 Å². The lowest BCUT2D eigenvalue weighted by Gasteiger charge is -2.17. The van der Waals surface area contributed by atoms with Crippen LogP contribution in [0.3, 0.4) is 0 Å². The summed E-state index contributed by atoms with van der Waals surface area (Å²) < 4.78 is 42.6. The molecule has 0 fully saturated rings. The molecule has 1 aromatic heterocycles. The fourth-order valence-corrected chi connectivity index (χ4v) is 4.29. The first-order valence-corrected chi connectivity index (χ1v) is 10.9. The number of hydrogen-bond acceptors (Lipinski definition) is 6. The fraction of sp³-hybridized carbons (Fsp3) is 0.222. The molecule has 3 aromatic carbocycles. The fourth-order valence-electron chi connectivity index (χ4n) is 4.29. The summed E-state index contributed by atoms with van der Waals surface area (Å²) >= 11 is 0. The van der Waals surface area contributed by atoms with Gasteiger partial charge in [-0.3, -0.25) is 4.79 Å². The highest BCUT2D eigenvalue weighted by atomic mass is 19.1. The molecule has 1 aliphatic rings.